The van der Waals surface area contributed by atoms with Crippen molar-refractivity contribution in [3.05, 3.63) is 24.3 Å². The summed E-state index contributed by atoms with van der Waals surface area (Å²) in [6.07, 6.45) is 0.279. The molecule has 1 aromatic carbocycles. The maximum Gasteiger partial charge on any atom is 0.117 e. The topological polar surface area (TPSA) is 35.5 Å². The molecule has 3 nitrogen and oxygen atoms in total. The average Bonchev–Trinajstić information content (AvgIpc) is 2.19. The van der Waals surface area contributed by atoms with E-state index in [1.54, 1.807) is 12.1 Å². The van der Waals surface area contributed by atoms with E-state index in [2.05, 4.69) is 31.0 Å². The van der Waals surface area contributed by atoms with Crippen LogP contribution in [0.1, 0.15) is 20.8 Å². The smallest absolute Gasteiger partial charge is 0.117 e. The molecule has 0 aliphatic rings. The molecule has 1 atom stereocenters. The van der Waals surface area contributed by atoms with Gasteiger partial charge in [0, 0.05) is 11.8 Å². The Morgan fingerprint density at radius 3 is 2.53 bits per heavy atom. The number of nitrogens with one attached hydrogen (secondary N) is 1. The minimum Gasteiger partial charge on any atom is -0.508 e. The summed E-state index contributed by atoms with van der Waals surface area (Å²) in [6, 6.07) is 7.21. The molecule has 0 spiro atoms. The minimum absolute atomic E-state index is 0.279. The highest BCUT2D eigenvalue weighted by atomic mass is 16.3. The second kappa shape index (κ2) is 5.61. The summed E-state index contributed by atoms with van der Waals surface area (Å²) in [6.45, 7) is 8.44. The van der Waals surface area contributed by atoms with E-state index in [4.69, 9.17) is 0 Å². The largest absolute Gasteiger partial charge is 0.508 e. The van der Waals surface area contributed by atoms with Crippen molar-refractivity contribution in [1.29, 1.82) is 0 Å². The van der Waals surface area contributed by atoms with Crippen LogP contribution in [0.15, 0.2) is 24.3 Å². The van der Waals surface area contributed by atoms with E-state index in [0.717, 1.165) is 18.8 Å². The third-order valence-electron chi connectivity index (χ3n) is 2.58. The lowest BCUT2D eigenvalue weighted by molar-refractivity contribution is 0.253. The van der Waals surface area contributed by atoms with Gasteiger partial charge in [0.1, 0.15) is 5.75 Å². The quantitative estimate of drug-likeness (QED) is 0.730. The van der Waals surface area contributed by atoms with Crippen molar-refractivity contribution in [1.82, 2.24) is 4.90 Å². The first-order chi connectivity index (χ1) is 7.17. The van der Waals surface area contributed by atoms with Crippen molar-refractivity contribution in [2.45, 2.75) is 26.9 Å². The Morgan fingerprint density at radius 1 is 1.33 bits per heavy atom. The first-order valence-corrected chi connectivity index (χ1v) is 5.47. The Labute approximate surface area is 91.7 Å². The highest BCUT2D eigenvalue weighted by Gasteiger charge is 2.08. The summed E-state index contributed by atoms with van der Waals surface area (Å²) in [4.78, 5) is 2.31. The van der Waals surface area contributed by atoms with Crippen molar-refractivity contribution in [3.63, 3.8) is 0 Å². The molecule has 0 bridgehead atoms. The number of hydrogen-bond donors (Lipinski definition) is 2. The minimum atomic E-state index is 0.279. The Bertz CT molecular complexity index is 297. The summed E-state index contributed by atoms with van der Waals surface area (Å²) >= 11 is 0. The van der Waals surface area contributed by atoms with Crippen molar-refractivity contribution in [3.8, 4) is 5.75 Å². The van der Waals surface area contributed by atoms with Crippen molar-refractivity contribution < 1.29 is 5.11 Å². The van der Waals surface area contributed by atoms with Gasteiger partial charge in [-0.3, -0.25) is 4.90 Å². The number of aromatic hydroxyl groups is 1. The molecule has 0 aliphatic carbocycles. The van der Waals surface area contributed by atoms with Gasteiger partial charge in [-0.15, -0.1) is 0 Å². The molecule has 84 valence electrons. The zero-order chi connectivity index (χ0) is 11.3. The van der Waals surface area contributed by atoms with Gasteiger partial charge in [-0.05, 0) is 32.1 Å². The van der Waals surface area contributed by atoms with Gasteiger partial charge < -0.3 is 10.4 Å². The predicted molar refractivity (Wildman–Crippen MR) is 64.1 cm³/mol. The van der Waals surface area contributed by atoms with Crippen molar-refractivity contribution >= 4 is 5.69 Å². The van der Waals surface area contributed by atoms with Crippen LogP contribution in [0, 0.1) is 0 Å². The molecule has 3 heteroatoms. The fraction of sp³-hybridized carbons (Fsp3) is 0.500. The molecule has 15 heavy (non-hydrogen) atoms. The number of hydrogen-bond acceptors (Lipinski definition) is 3. The Kier molecular flexibility index (Phi) is 4.43. The molecule has 0 aromatic heterocycles. The predicted octanol–water partition coefficient (Wildman–Crippen LogP) is 2.49. The molecule has 0 aliphatic heterocycles. The average molecular weight is 208 g/mol. The van der Waals surface area contributed by atoms with Gasteiger partial charge in [0.25, 0.3) is 0 Å². The molecule has 2 N–H and O–H groups in total. The Hall–Kier alpha value is -1.22. The van der Waals surface area contributed by atoms with E-state index in [0.29, 0.717) is 5.75 Å². The molecule has 1 rings (SSSR count). The standard InChI is InChI=1S/C12H20N2O/c1-4-14(5-2)10(3)13-11-7-6-8-12(15)9-11/h6-10,13,15H,4-5H2,1-3H3. The number of phenols is 1. The van der Waals surface area contributed by atoms with Crippen LogP contribution in [0.4, 0.5) is 5.69 Å². The highest BCUT2D eigenvalue weighted by Crippen LogP contribution is 2.16. The Morgan fingerprint density at radius 2 is 2.00 bits per heavy atom. The van der Waals surface area contributed by atoms with Crippen LogP contribution >= 0.6 is 0 Å². The molecule has 0 amide bonds. The molecule has 0 radical (unpaired) electrons. The van der Waals surface area contributed by atoms with Gasteiger partial charge in [-0.1, -0.05) is 19.9 Å². The molecular formula is C12H20N2O. The van der Waals surface area contributed by atoms with Gasteiger partial charge in [0.15, 0.2) is 0 Å². The molecule has 1 aromatic rings. The number of nitrogens with zero attached hydrogens (tertiary/aromatic N) is 1. The summed E-state index contributed by atoms with van der Waals surface area (Å²) < 4.78 is 0. The zero-order valence-electron chi connectivity index (χ0n) is 9.70. The van der Waals surface area contributed by atoms with Crippen LogP contribution in [-0.4, -0.2) is 29.3 Å². The fourth-order valence-corrected chi connectivity index (χ4v) is 1.70. The van der Waals surface area contributed by atoms with Crippen LogP contribution < -0.4 is 5.32 Å². The summed E-state index contributed by atoms with van der Waals surface area (Å²) in [7, 11) is 0. The van der Waals surface area contributed by atoms with Crippen LogP contribution in [0.25, 0.3) is 0 Å². The second-order valence-electron chi connectivity index (χ2n) is 3.59. The third kappa shape index (κ3) is 3.44. The number of anilines is 1. The first kappa shape index (κ1) is 11.9. The van der Waals surface area contributed by atoms with E-state index < -0.39 is 0 Å². The summed E-state index contributed by atoms with van der Waals surface area (Å²) in [5.74, 6) is 0.298. The van der Waals surface area contributed by atoms with E-state index in [1.807, 2.05) is 12.1 Å². The fourth-order valence-electron chi connectivity index (χ4n) is 1.70. The summed E-state index contributed by atoms with van der Waals surface area (Å²) in [5.41, 5.74) is 0.953. The maximum atomic E-state index is 9.33. The SMILES string of the molecule is CCN(CC)C(C)Nc1cccc(O)c1. The lowest BCUT2D eigenvalue weighted by atomic mass is 10.3. The number of rotatable bonds is 5. The van der Waals surface area contributed by atoms with Crippen molar-refractivity contribution in [2.75, 3.05) is 18.4 Å². The monoisotopic (exact) mass is 208 g/mol. The van der Waals surface area contributed by atoms with E-state index >= 15 is 0 Å². The van der Waals surface area contributed by atoms with Crippen LogP contribution in [0.5, 0.6) is 5.75 Å². The summed E-state index contributed by atoms with van der Waals surface area (Å²) in [5, 5.41) is 12.7. The lowest BCUT2D eigenvalue weighted by Gasteiger charge is -2.27. The number of benzene rings is 1. The third-order valence-corrected chi connectivity index (χ3v) is 2.58. The first-order valence-electron chi connectivity index (χ1n) is 5.47. The highest BCUT2D eigenvalue weighted by molar-refractivity contribution is 5.48. The van der Waals surface area contributed by atoms with E-state index in [1.165, 1.54) is 0 Å². The molecule has 0 saturated carbocycles. The van der Waals surface area contributed by atoms with Gasteiger partial charge >= 0.3 is 0 Å². The Balaban J connectivity index is 2.61. The van der Waals surface area contributed by atoms with Gasteiger partial charge in [-0.2, -0.15) is 0 Å². The second-order valence-corrected chi connectivity index (χ2v) is 3.59. The van der Waals surface area contributed by atoms with Crippen LogP contribution in [0.2, 0.25) is 0 Å². The number of phenolic OH excluding ortho intramolecular Hbond substituents is 1. The molecule has 0 saturated heterocycles. The van der Waals surface area contributed by atoms with E-state index in [9.17, 15) is 5.11 Å². The van der Waals surface area contributed by atoms with E-state index in [-0.39, 0.29) is 6.17 Å². The van der Waals surface area contributed by atoms with Gasteiger partial charge in [-0.25, -0.2) is 0 Å². The van der Waals surface area contributed by atoms with Crippen LogP contribution in [-0.2, 0) is 0 Å². The zero-order valence-corrected chi connectivity index (χ0v) is 9.70. The molecule has 0 heterocycles. The molecule has 0 fully saturated rings. The van der Waals surface area contributed by atoms with Crippen molar-refractivity contribution in [2.24, 2.45) is 0 Å². The van der Waals surface area contributed by atoms with Gasteiger partial charge in [0.05, 0.1) is 6.17 Å². The molecular weight excluding hydrogens is 188 g/mol. The molecule has 1 unspecified atom stereocenters. The van der Waals surface area contributed by atoms with Gasteiger partial charge in [0.2, 0.25) is 0 Å². The van der Waals surface area contributed by atoms with Crippen LogP contribution in [0.3, 0.4) is 0 Å². The maximum absolute atomic E-state index is 9.33. The lowest BCUT2D eigenvalue weighted by Crippen LogP contribution is -2.38. The normalized spacial score (nSPS) is 12.8.